The lowest BCUT2D eigenvalue weighted by molar-refractivity contribution is -0.432. The molecule has 36 heavy (non-hydrogen) atoms. The molecule has 0 saturated carbocycles. The minimum atomic E-state index is -0.134. The largest absolute Gasteiger partial charge is 0.505 e. The number of fused-ring (bicyclic) bond motifs is 1. The van der Waals surface area contributed by atoms with Crippen LogP contribution in [0, 0.1) is 0 Å². The molecule has 14 heteroatoms. The van der Waals surface area contributed by atoms with Gasteiger partial charge in [0.15, 0.2) is 5.75 Å². The quantitative estimate of drug-likeness (QED) is 0.0523. The second-order valence-electron chi connectivity index (χ2n) is 6.91. The van der Waals surface area contributed by atoms with E-state index in [2.05, 4.69) is 39.2 Å². The maximum atomic E-state index is 10.8. The molecular weight excluding hydrogens is 510 g/mol. The maximum absolute atomic E-state index is 10.8. The van der Waals surface area contributed by atoms with Crippen LogP contribution in [0.3, 0.4) is 0 Å². The topological polar surface area (TPSA) is 173 Å². The first kappa shape index (κ1) is 25.5. The summed E-state index contributed by atoms with van der Waals surface area (Å²) in [5.41, 5.74) is 8.15. The average molecular weight is 528 g/mol. The first-order chi connectivity index (χ1) is 17.6. The molecule has 0 aliphatic heterocycles. The first-order valence-corrected chi connectivity index (χ1v) is 11.4. The number of hydrogen-bond donors (Lipinski definition) is 4. The third kappa shape index (κ3) is 6.54. The summed E-state index contributed by atoms with van der Waals surface area (Å²) in [5.74, 6) is -0.134. The van der Waals surface area contributed by atoms with Crippen LogP contribution in [0.5, 0.6) is 5.75 Å². The normalized spacial score (nSPS) is 11.7. The Morgan fingerprint density at radius 1 is 0.667 bits per heavy atom. The molecule has 0 unspecified atom stereocenters. The van der Waals surface area contributed by atoms with Crippen molar-refractivity contribution in [2.75, 3.05) is 5.73 Å². The van der Waals surface area contributed by atoms with Crippen LogP contribution < -0.4 is 5.73 Å². The van der Waals surface area contributed by atoms with Gasteiger partial charge in [-0.25, -0.2) is 10.5 Å². The number of azo groups is 2. The summed E-state index contributed by atoms with van der Waals surface area (Å²) < 4.78 is 8.89. The summed E-state index contributed by atoms with van der Waals surface area (Å²) in [6.07, 6.45) is 0. The van der Waals surface area contributed by atoms with Crippen LogP contribution >= 0.6 is 24.1 Å². The first-order valence-electron chi connectivity index (χ1n) is 9.95. The lowest BCUT2D eigenvalue weighted by Gasteiger charge is -2.09. The van der Waals surface area contributed by atoms with Gasteiger partial charge in [-0.05, 0) is 78.2 Å². The van der Waals surface area contributed by atoms with E-state index in [-0.39, 0.29) is 11.4 Å². The molecule has 0 spiro atoms. The van der Waals surface area contributed by atoms with Gasteiger partial charge in [0.2, 0.25) is 0 Å². The van der Waals surface area contributed by atoms with Crippen LogP contribution in [0.15, 0.2) is 103 Å². The van der Waals surface area contributed by atoms with Gasteiger partial charge in [-0.3, -0.25) is 0 Å². The Kier molecular flexibility index (Phi) is 8.77. The summed E-state index contributed by atoms with van der Waals surface area (Å²) >= 11 is 1.49. The van der Waals surface area contributed by atoms with Gasteiger partial charge in [0.1, 0.15) is 5.69 Å². The molecule has 4 aromatic carbocycles. The van der Waals surface area contributed by atoms with Crippen molar-refractivity contribution in [1.82, 2.24) is 0 Å². The van der Waals surface area contributed by atoms with Crippen LogP contribution in [0.2, 0.25) is 0 Å². The minimum absolute atomic E-state index is 0.121. The highest BCUT2D eigenvalue weighted by molar-refractivity contribution is 7.94. The van der Waals surface area contributed by atoms with Crippen molar-refractivity contribution in [1.29, 1.82) is 0 Å². The molecule has 0 fully saturated rings. The molecule has 0 heterocycles. The number of nitrogen functional groups attached to an aromatic ring is 1. The van der Waals surface area contributed by atoms with E-state index in [4.69, 9.17) is 16.2 Å². The van der Waals surface area contributed by atoms with Crippen LogP contribution in [0.25, 0.3) is 10.8 Å². The van der Waals surface area contributed by atoms with Crippen molar-refractivity contribution in [2.24, 2.45) is 20.5 Å². The molecule has 0 aromatic heterocycles. The molecule has 12 nitrogen and oxygen atoms in total. The van der Waals surface area contributed by atoms with Gasteiger partial charge >= 0.3 is 0 Å². The lowest BCUT2D eigenvalue weighted by Crippen LogP contribution is -1.86. The highest BCUT2D eigenvalue weighted by Crippen LogP contribution is 2.44. The standard InChI is InChI=1S/C22H17N5O7S2/c23-14-1-10-19-13(11-14)12-20(36-34-32-30)21(22(19)28)27-26-16-4-2-15(3-5-16)24-25-17-6-8-18(9-7-17)35-33-31-29/h1-12,28-30H,23H2. The molecule has 4 aromatic rings. The second kappa shape index (κ2) is 12.4. The van der Waals surface area contributed by atoms with Crippen LogP contribution in [-0.4, -0.2) is 15.6 Å². The zero-order valence-electron chi connectivity index (χ0n) is 18.1. The molecule has 0 aliphatic carbocycles. The van der Waals surface area contributed by atoms with Crippen LogP contribution in [0.4, 0.5) is 28.4 Å². The minimum Gasteiger partial charge on any atom is -0.505 e. The van der Waals surface area contributed by atoms with Gasteiger partial charge in [-0.15, -0.1) is 13.8 Å². The van der Waals surface area contributed by atoms with Crippen molar-refractivity contribution in [3.63, 3.8) is 0 Å². The summed E-state index contributed by atoms with van der Waals surface area (Å²) in [6, 6.07) is 20.3. The molecule has 0 radical (unpaired) electrons. The highest BCUT2D eigenvalue weighted by atomic mass is 32.2. The fourth-order valence-corrected chi connectivity index (χ4v) is 3.87. The van der Waals surface area contributed by atoms with Crippen molar-refractivity contribution < 1.29 is 34.4 Å². The predicted octanol–water partition coefficient (Wildman–Crippen LogP) is 7.82. The van der Waals surface area contributed by atoms with E-state index < -0.39 is 0 Å². The Morgan fingerprint density at radius 3 is 1.83 bits per heavy atom. The van der Waals surface area contributed by atoms with Gasteiger partial charge in [-0.2, -0.15) is 15.3 Å². The Hall–Kier alpha value is -3.60. The van der Waals surface area contributed by atoms with Crippen molar-refractivity contribution in [3.8, 4) is 5.75 Å². The number of anilines is 1. The zero-order valence-corrected chi connectivity index (χ0v) is 19.7. The number of phenolic OH excluding ortho intramolecular Hbond substituents is 1. The summed E-state index contributed by atoms with van der Waals surface area (Å²) in [5, 5.41) is 52.5. The number of nitrogens with two attached hydrogens (primary N) is 1. The third-order valence-electron chi connectivity index (χ3n) is 4.62. The highest BCUT2D eigenvalue weighted by Gasteiger charge is 2.15. The monoisotopic (exact) mass is 527 g/mol. The van der Waals surface area contributed by atoms with E-state index in [0.717, 1.165) is 12.0 Å². The maximum Gasteiger partial charge on any atom is 0.152 e. The number of rotatable bonds is 10. The van der Waals surface area contributed by atoms with E-state index in [9.17, 15) is 5.11 Å². The van der Waals surface area contributed by atoms with Gasteiger partial charge in [0.25, 0.3) is 0 Å². The van der Waals surface area contributed by atoms with E-state index in [1.54, 1.807) is 72.8 Å². The SMILES string of the molecule is Nc1ccc2c(O)c(N=Nc3ccc(N=Nc4ccc(SOOO)cc4)cc3)c(SOOO)cc2c1. The van der Waals surface area contributed by atoms with E-state index in [0.29, 0.717) is 55.4 Å². The Labute approximate surface area is 212 Å². The molecule has 0 atom stereocenters. The molecule has 0 aliphatic rings. The van der Waals surface area contributed by atoms with Crippen LogP contribution in [-0.2, 0) is 18.7 Å². The smallest absolute Gasteiger partial charge is 0.152 e. The molecular formula is C22H17N5O7S2. The van der Waals surface area contributed by atoms with Gasteiger partial charge in [0.05, 0.1) is 46.0 Å². The third-order valence-corrected chi connectivity index (χ3v) is 5.84. The Balaban J connectivity index is 1.51. The molecule has 0 bridgehead atoms. The van der Waals surface area contributed by atoms with Crippen molar-refractivity contribution in [2.45, 2.75) is 9.79 Å². The summed E-state index contributed by atoms with van der Waals surface area (Å²) in [4.78, 5) is 1.05. The number of phenols is 1. The van der Waals surface area contributed by atoms with Gasteiger partial charge in [-0.1, -0.05) is 10.1 Å². The Bertz CT molecular complexity index is 1390. The summed E-state index contributed by atoms with van der Waals surface area (Å²) in [6.45, 7) is 0. The molecule has 0 amide bonds. The second-order valence-corrected chi connectivity index (χ2v) is 8.43. The van der Waals surface area contributed by atoms with Gasteiger partial charge < -0.3 is 10.8 Å². The number of hydrogen-bond acceptors (Lipinski definition) is 14. The molecule has 5 N–H and O–H groups in total. The fourth-order valence-electron chi connectivity index (χ4n) is 3.01. The number of nitrogens with zero attached hydrogens (tertiary/aromatic N) is 4. The van der Waals surface area contributed by atoms with Crippen LogP contribution in [0.1, 0.15) is 0 Å². The van der Waals surface area contributed by atoms with E-state index in [1.165, 1.54) is 0 Å². The molecule has 184 valence electrons. The van der Waals surface area contributed by atoms with E-state index >= 15 is 0 Å². The Morgan fingerprint density at radius 2 is 1.22 bits per heavy atom. The van der Waals surface area contributed by atoms with Crippen molar-refractivity contribution >= 4 is 63.3 Å². The lowest BCUT2D eigenvalue weighted by atomic mass is 10.1. The number of benzene rings is 4. The predicted molar refractivity (Wildman–Crippen MR) is 133 cm³/mol. The zero-order chi connectivity index (χ0) is 25.3. The van der Waals surface area contributed by atoms with E-state index in [1.807, 2.05) is 0 Å². The number of aromatic hydroxyl groups is 1. The summed E-state index contributed by atoms with van der Waals surface area (Å²) in [7, 11) is 0. The fraction of sp³-hybridized carbons (Fsp3) is 0. The van der Waals surface area contributed by atoms with Crippen molar-refractivity contribution in [3.05, 3.63) is 72.8 Å². The molecule has 4 rings (SSSR count). The average Bonchev–Trinajstić information content (AvgIpc) is 2.90. The molecule has 0 saturated heterocycles. The van der Waals surface area contributed by atoms with Gasteiger partial charge in [0, 0.05) is 16.0 Å².